The van der Waals surface area contributed by atoms with Gasteiger partial charge in [0, 0.05) is 23.0 Å². The molecule has 0 saturated carbocycles. The summed E-state index contributed by atoms with van der Waals surface area (Å²) in [6.45, 7) is 1.97. The van der Waals surface area contributed by atoms with Gasteiger partial charge in [0.15, 0.2) is 0 Å². The number of thiazole rings is 1. The molecule has 2 N–H and O–H groups in total. The number of H-pyrrole nitrogens is 1. The van der Waals surface area contributed by atoms with Crippen molar-refractivity contribution < 1.29 is 4.79 Å². The summed E-state index contributed by atoms with van der Waals surface area (Å²) in [7, 11) is 0. The van der Waals surface area contributed by atoms with Crippen LogP contribution in [-0.4, -0.2) is 25.8 Å². The van der Waals surface area contributed by atoms with Gasteiger partial charge in [-0.25, -0.2) is 15.0 Å². The molecule has 0 fully saturated rings. The minimum absolute atomic E-state index is 0.164. The van der Waals surface area contributed by atoms with Crippen LogP contribution >= 0.6 is 11.3 Å². The molecule has 3 heterocycles. The second-order valence-electron chi connectivity index (χ2n) is 6.46. The predicted molar refractivity (Wildman–Crippen MR) is 112 cm³/mol. The van der Waals surface area contributed by atoms with E-state index >= 15 is 0 Å². The lowest BCUT2D eigenvalue weighted by Crippen LogP contribution is -2.12. The average Bonchev–Trinajstić information content (AvgIpc) is 3.35. The monoisotopic (exact) mass is 385 g/mol. The number of nitrogens with one attached hydrogen (secondary N) is 2. The molecule has 28 heavy (non-hydrogen) atoms. The number of rotatable bonds is 3. The summed E-state index contributed by atoms with van der Waals surface area (Å²) in [5, 5.41) is 3.89. The number of benzene rings is 2. The number of hydrogen-bond donors (Lipinski definition) is 2. The molecule has 7 heteroatoms. The summed E-state index contributed by atoms with van der Waals surface area (Å²) in [4.78, 5) is 29.9. The molecule has 0 radical (unpaired) electrons. The van der Waals surface area contributed by atoms with Gasteiger partial charge in [-0.05, 0) is 48.9 Å². The standard InChI is InChI=1S/C21H15N5OS/c1-12-4-5-14(20-26-16-3-2-8-22-21(16)28-20)10-17(12)25-19(27)13-6-7-15-18(9-13)24-11-23-15/h2-11H,1H3,(H,23,24)(H,25,27). The van der Waals surface area contributed by atoms with E-state index in [4.69, 9.17) is 0 Å². The highest BCUT2D eigenvalue weighted by Crippen LogP contribution is 2.31. The zero-order valence-corrected chi connectivity index (χ0v) is 15.7. The zero-order chi connectivity index (χ0) is 19.1. The van der Waals surface area contributed by atoms with Crippen molar-refractivity contribution in [3.8, 4) is 10.6 Å². The van der Waals surface area contributed by atoms with Crippen LogP contribution in [0, 0.1) is 6.92 Å². The molecule has 5 aromatic rings. The van der Waals surface area contributed by atoms with Crippen LogP contribution in [0.2, 0.25) is 0 Å². The second-order valence-corrected chi connectivity index (χ2v) is 7.44. The number of aryl methyl sites for hydroxylation is 1. The molecule has 0 saturated heterocycles. The molecule has 5 rings (SSSR count). The van der Waals surface area contributed by atoms with E-state index in [9.17, 15) is 4.79 Å². The summed E-state index contributed by atoms with van der Waals surface area (Å²) in [5.41, 5.74) is 5.82. The average molecular weight is 385 g/mol. The maximum absolute atomic E-state index is 12.8. The van der Waals surface area contributed by atoms with Crippen LogP contribution in [0.25, 0.3) is 32.0 Å². The molecule has 0 spiro atoms. The van der Waals surface area contributed by atoms with E-state index in [2.05, 4.69) is 25.3 Å². The molecule has 0 aliphatic rings. The minimum Gasteiger partial charge on any atom is -0.345 e. The van der Waals surface area contributed by atoms with Crippen LogP contribution in [0.1, 0.15) is 15.9 Å². The summed E-state index contributed by atoms with van der Waals surface area (Å²) in [6, 6.07) is 15.2. The van der Waals surface area contributed by atoms with Gasteiger partial charge in [0.1, 0.15) is 15.4 Å². The summed E-state index contributed by atoms with van der Waals surface area (Å²) in [5.74, 6) is -0.164. The molecule has 1 amide bonds. The first kappa shape index (κ1) is 16.6. The topological polar surface area (TPSA) is 83.6 Å². The van der Waals surface area contributed by atoms with Crippen molar-refractivity contribution in [3.63, 3.8) is 0 Å². The van der Waals surface area contributed by atoms with Gasteiger partial charge in [-0.2, -0.15) is 0 Å². The smallest absolute Gasteiger partial charge is 0.255 e. The first-order valence-corrected chi connectivity index (χ1v) is 9.56. The van der Waals surface area contributed by atoms with Crippen LogP contribution in [0.3, 0.4) is 0 Å². The molecule has 0 aliphatic heterocycles. The number of aromatic nitrogens is 4. The number of carbonyl (C=O) groups is 1. The maximum atomic E-state index is 12.8. The first-order chi connectivity index (χ1) is 13.7. The van der Waals surface area contributed by atoms with E-state index in [1.54, 1.807) is 24.7 Å². The number of hydrogen-bond acceptors (Lipinski definition) is 5. The van der Waals surface area contributed by atoms with E-state index in [1.165, 1.54) is 11.3 Å². The Hall–Kier alpha value is -3.58. The number of carbonyl (C=O) groups excluding carboxylic acids is 1. The van der Waals surface area contributed by atoms with E-state index < -0.39 is 0 Å². The summed E-state index contributed by atoms with van der Waals surface area (Å²) >= 11 is 1.54. The Labute approximate surface area is 164 Å². The van der Waals surface area contributed by atoms with E-state index in [0.29, 0.717) is 5.56 Å². The molecular weight excluding hydrogens is 370 g/mol. The summed E-state index contributed by atoms with van der Waals surface area (Å²) in [6.07, 6.45) is 3.38. The first-order valence-electron chi connectivity index (χ1n) is 8.74. The molecule has 2 aromatic carbocycles. The molecule has 0 bridgehead atoms. The fraction of sp³-hybridized carbons (Fsp3) is 0.0476. The SMILES string of the molecule is Cc1ccc(-c2nc3cccnc3s2)cc1NC(=O)c1ccc2nc[nH]c2c1. The van der Waals surface area contributed by atoms with Gasteiger partial charge in [-0.15, -0.1) is 0 Å². The van der Waals surface area contributed by atoms with Crippen molar-refractivity contribution in [2.24, 2.45) is 0 Å². The van der Waals surface area contributed by atoms with Crippen LogP contribution in [-0.2, 0) is 0 Å². The Balaban J connectivity index is 1.47. The second kappa shape index (κ2) is 6.54. The number of pyridine rings is 1. The predicted octanol–water partition coefficient (Wildman–Crippen LogP) is 4.80. The van der Waals surface area contributed by atoms with Crippen molar-refractivity contribution in [2.75, 3.05) is 5.32 Å². The highest BCUT2D eigenvalue weighted by atomic mass is 32.1. The normalized spacial score (nSPS) is 11.2. The van der Waals surface area contributed by atoms with Gasteiger partial charge in [0.2, 0.25) is 0 Å². The lowest BCUT2D eigenvalue weighted by atomic mass is 10.1. The highest BCUT2D eigenvalue weighted by Gasteiger charge is 2.12. The van der Waals surface area contributed by atoms with Crippen molar-refractivity contribution in [2.45, 2.75) is 6.92 Å². The fourth-order valence-electron chi connectivity index (χ4n) is 3.05. The molecule has 0 atom stereocenters. The molecule has 6 nitrogen and oxygen atoms in total. The Bertz CT molecular complexity index is 1300. The van der Waals surface area contributed by atoms with E-state index in [-0.39, 0.29) is 5.91 Å². The van der Waals surface area contributed by atoms with Gasteiger partial charge in [-0.1, -0.05) is 23.5 Å². The lowest BCUT2D eigenvalue weighted by molar-refractivity contribution is 0.102. The van der Waals surface area contributed by atoms with Gasteiger partial charge < -0.3 is 10.3 Å². The van der Waals surface area contributed by atoms with Crippen LogP contribution in [0.15, 0.2) is 61.1 Å². The maximum Gasteiger partial charge on any atom is 0.255 e. The molecule has 136 valence electrons. The third-order valence-electron chi connectivity index (χ3n) is 4.58. The Morgan fingerprint density at radius 2 is 2.00 bits per heavy atom. The quantitative estimate of drug-likeness (QED) is 0.467. The van der Waals surface area contributed by atoms with E-state index in [0.717, 1.165) is 43.2 Å². The highest BCUT2D eigenvalue weighted by molar-refractivity contribution is 7.21. The molecule has 3 aromatic heterocycles. The third kappa shape index (κ3) is 2.91. The molecular formula is C21H15N5OS. The number of amides is 1. The van der Waals surface area contributed by atoms with E-state index in [1.807, 2.05) is 43.3 Å². The minimum atomic E-state index is -0.164. The summed E-state index contributed by atoms with van der Waals surface area (Å²) < 4.78 is 0. The third-order valence-corrected chi connectivity index (χ3v) is 5.61. The Morgan fingerprint density at radius 1 is 1.07 bits per heavy atom. The number of nitrogens with zero attached hydrogens (tertiary/aromatic N) is 3. The van der Waals surface area contributed by atoms with Crippen LogP contribution in [0.5, 0.6) is 0 Å². The van der Waals surface area contributed by atoms with Crippen molar-refractivity contribution in [1.29, 1.82) is 0 Å². The number of fused-ring (bicyclic) bond motifs is 2. The number of aromatic amines is 1. The van der Waals surface area contributed by atoms with Crippen molar-refractivity contribution in [1.82, 2.24) is 19.9 Å². The molecule has 0 aliphatic carbocycles. The zero-order valence-electron chi connectivity index (χ0n) is 14.9. The van der Waals surface area contributed by atoms with Gasteiger partial charge in [0.25, 0.3) is 5.91 Å². The van der Waals surface area contributed by atoms with Gasteiger partial charge in [-0.3, -0.25) is 4.79 Å². The largest absolute Gasteiger partial charge is 0.345 e. The van der Waals surface area contributed by atoms with Gasteiger partial charge >= 0.3 is 0 Å². The lowest BCUT2D eigenvalue weighted by Gasteiger charge is -2.10. The van der Waals surface area contributed by atoms with Crippen molar-refractivity contribution in [3.05, 3.63) is 72.2 Å². The Kier molecular flexibility index (Phi) is 3.87. The Morgan fingerprint density at radius 3 is 2.89 bits per heavy atom. The van der Waals surface area contributed by atoms with Gasteiger partial charge in [0.05, 0.1) is 17.4 Å². The molecule has 0 unspecified atom stereocenters. The van der Waals surface area contributed by atoms with Crippen molar-refractivity contribution >= 4 is 44.3 Å². The van der Waals surface area contributed by atoms with Crippen LogP contribution < -0.4 is 5.32 Å². The number of imidazole rings is 1. The van der Waals surface area contributed by atoms with Crippen LogP contribution in [0.4, 0.5) is 5.69 Å². The number of anilines is 1. The fourth-order valence-corrected chi connectivity index (χ4v) is 3.96.